The van der Waals surface area contributed by atoms with Gasteiger partial charge < -0.3 is 9.80 Å². The van der Waals surface area contributed by atoms with Crippen LogP contribution in [0.3, 0.4) is 0 Å². The van der Waals surface area contributed by atoms with Crippen molar-refractivity contribution in [3.8, 4) is 0 Å². The molecule has 6 aromatic rings. The Kier molecular flexibility index (Phi) is 7.57. The first-order valence-corrected chi connectivity index (χ1v) is 15.8. The monoisotopic (exact) mass is 582 g/mol. The lowest BCUT2D eigenvalue weighted by Gasteiger charge is -2.34. The first-order valence-electron chi connectivity index (χ1n) is 15.8. The number of benzene rings is 6. The summed E-state index contributed by atoms with van der Waals surface area (Å²) in [4.78, 5) is 4.91. The van der Waals surface area contributed by atoms with Crippen LogP contribution in [0, 0.1) is 27.7 Å². The van der Waals surface area contributed by atoms with E-state index in [-0.39, 0.29) is 0 Å². The maximum Gasteiger partial charge on any atom is 0.0619 e. The first-order chi connectivity index (χ1) is 22.0. The molecule has 0 saturated heterocycles. The van der Waals surface area contributed by atoms with Crippen LogP contribution in [-0.4, -0.2) is 0 Å². The second-order valence-corrected chi connectivity index (χ2v) is 12.1. The van der Waals surface area contributed by atoms with Gasteiger partial charge in [0.15, 0.2) is 0 Å². The Balaban J connectivity index is 1.63. The van der Waals surface area contributed by atoms with Gasteiger partial charge >= 0.3 is 0 Å². The summed E-state index contributed by atoms with van der Waals surface area (Å²) >= 11 is 0. The van der Waals surface area contributed by atoms with E-state index >= 15 is 0 Å². The molecular weight excluding hydrogens is 544 g/mol. The third-order valence-corrected chi connectivity index (χ3v) is 8.57. The third-order valence-electron chi connectivity index (χ3n) is 8.57. The predicted molar refractivity (Wildman–Crippen MR) is 195 cm³/mol. The minimum atomic E-state index is 0.883. The van der Waals surface area contributed by atoms with Gasteiger partial charge in [-0.05, 0) is 105 Å². The van der Waals surface area contributed by atoms with Gasteiger partial charge in [-0.25, -0.2) is 0 Å². The highest BCUT2D eigenvalue weighted by molar-refractivity contribution is 6.14. The Morgan fingerprint density at radius 1 is 0.400 bits per heavy atom. The molecule has 6 aromatic carbocycles. The zero-order valence-electron chi connectivity index (χ0n) is 26.5. The number of nitrogens with zero attached hydrogens (tertiary/aromatic N) is 2. The van der Waals surface area contributed by atoms with Gasteiger partial charge in [-0.3, -0.25) is 0 Å². The molecule has 7 rings (SSSR count). The number of anilines is 6. The molecule has 0 aliphatic heterocycles. The molecule has 0 N–H and O–H groups in total. The van der Waals surface area contributed by atoms with Gasteiger partial charge in [0, 0.05) is 44.6 Å². The molecule has 2 nitrogen and oxygen atoms in total. The van der Waals surface area contributed by atoms with Crippen LogP contribution in [0.1, 0.15) is 39.8 Å². The lowest BCUT2D eigenvalue weighted by molar-refractivity contribution is 1.24. The van der Waals surface area contributed by atoms with Gasteiger partial charge in [0.2, 0.25) is 0 Å². The normalized spacial score (nSPS) is 12.2. The van der Waals surface area contributed by atoms with E-state index in [9.17, 15) is 0 Å². The van der Waals surface area contributed by atoms with Gasteiger partial charge in [-0.1, -0.05) is 97.1 Å². The van der Waals surface area contributed by atoms with Crippen molar-refractivity contribution in [2.45, 2.75) is 34.1 Å². The van der Waals surface area contributed by atoms with Crippen LogP contribution >= 0.6 is 0 Å². The molecule has 0 fully saturated rings. The smallest absolute Gasteiger partial charge is 0.0619 e. The third kappa shape index (κ3) is 5.45. The Hall–Kier alpha value is -5.34. The van der Waals surface area contributed by atoms with Crippen molar-refractivity contribution in [1.29, 1.82) is 0 Å². The molecule has 0 aromatic heterocycles. The fraction of sp³-hybridized carbons (Fsp3) is 0.116. The van der Waals surface area contributed by atoms with Crippen molar-refractivity contribution >= 4 is 57.0 Å². The van der Waals surface area contributed by atoms with E-state index in [0.717, 1.165) is 29.2 Å². The summed E-state index contributed by atoms with van der Waals surface area (Å²) < 4.78 is 0. The summed E-state index contributed by atoms with van der Waals surface area (Å²) in [5, 5.41) is 2.42. The van der Waals surface area contributed by atoms with Crippen molar-refractivity contribution in [3.05, 3.63) is 167 Å². The van der Waals surface area contributed by atoms with Crippen molar-refractivity contribution in [2.75, 3.05) is 9.80 Å². The standard InChI is InChI=1S/C43H38N2/c1-30-14-10-18-34(26-30)44(35-19-11-15-31(2)27-35)42-38-22-6-5-7-23-39(38)43(41-25-9-8-24-40(41)42)45(36-20-12-16-32(3)28-36)37-21-13-17-33(4)29-37/h6-29H,5H2,1-4H3. The zero-order chi connectivity index (χ0) is 30.9. The number of hydrogen-bond acceptors (Lipinski definition) is 2. The Bertz CT molecular complexity index is 1860. The highest BCUT2D eigenvalue weighted by atomic mass is 15.2. The van der Waals surface area contributed by atoms with E-state index in [2.05, 4.69) is 183 Å². The molecule has 2 heteroatoms. The van der Waals surface area contributed by atoms with Gasteiger partial charge in [0.05, 0.1) is 11.4 Å². The second kappa shape index (κ2) is 12.0. The zero-order valence-corrected chi connectivity index (χ0v) is 26.5. The lowest BCUT2D eigenvalue weighted by atomic mass is 9.92. The molecule has 0 amide bonds. The largest absolute Gasteiger partial charge is 0.309 e. The van der Waals surface area contributed by atoms with E-state index in [1.807, 2.05) is 0 Å². The molecule has 0 heterocycles. The lowest BCUT2D eigenvalue weighted by Crippen LogP contribution is -2.17. The van der Waals surface area contributed by atoms with Gasteiger partial charge in [-0.15, -0.1) is 0 Å². The number of rotatable bonds is 6. The molecule has 0 unspecified atom stereocenters. The van der Waals surface area contributed by atoms with Crippen LogP contribution in [0.4, 0.5) is 34.1 Å². The van der Waals surface area contributed by atoms with Crippen LogP contribution in [-0.2, 0) is 0 Å². The minimum Gasteiger partial charge on any atom is -0.309 e. The maximum absolute atomic E-state index is 2.46. The van der Waals surface area contributed by atoms with Gasteiger partial charge in [0.25, 0.3) is 0 Å². The average molecular weight is 583 g/mol. The Labute approximate surface area is 267 Å². The van der Waals surface area contributed by atoms with E-state index in [1.165, 1.54) is 55.5 Å². The topological polar surface area (TPSA) is 6.48 Å². The van der Waals surface area contributed by atoms with Crippen LogP contribution in [0.15, 0.2) is 133 Å². The second-order valence-electron chi connectivity index (χ2n) is 12.1. The van der Waals surface area contributed by atoms with E-state index < -0.39 is 0 Å². The number of aryl methyl sites for hydroxylation is 4. The molecule has 1 aliphatic rings. The average Bonchev–Trinajstić information content (AvgIpc) is 3.29. The van der Waals surface area contributed by atoms with Gasteiger partial charge in [0.1, 0.15) is 0 Å². The molecule has 0 radical (unpaired) electrons. The maximum atomic E-state index is 2.46. The minimum absolute atomic E-state index is 0.883. The van der Waals surface area contributed by atoms with Crippen LogP contribution in [0.25, 0.3) is 22.9 Å². The Morgan fingerprint density at radius 3 is 1.04 bits per heavy atom. The van der Waals surface area contributed by atoms with Crippen molar-refractivity contribution in [2.24, 2.45) is 0 Å². The summed E-state index contributed by atoms with van der Waals surface area (Å²) in [7, 11) is 0. The van der Waals surface area contributed by atoms with Crippen molar-refractivity contribution < 1.29 is 0 Å². The SMILES string of the molecule is Cc1cccc(N(c2cccc(C)c2)c2c3c(c(N(c4cccc(C)c4)c4cccc(C)c4)c4ccccc24)C=CCC=C3)c1. The van der Waals surface area contributed by atoms with Crippen LogP contribution in [0.5, 0.6) is 0 Å². The first kappa shape index (κ1) is 28.4. The molecule has 0 atom stereocenters. The predicted octanol–water partition coefficient (Wildman–Crippen LogP) is 12.4. The molecular formula is C43H38N2. The van der Waals surface area contributed by atoms with Crippen LogP contribution in [0.2, 0.25) is 0 Å². The highest BCUT2D eigenvalue weighted by Gasteiger charge is 2.27. The molecule has 0 bridgehead atoms. The molecule has 1 aliphatic carbocycles. The number of hydrogen-bond donors (Lipinski definition) is 0. The summed E-state index contributed by atoms with van der Waals surface area (Å²) in [6.45, 7) is 8.68. The summed E-state index contributed by atoms with van der Waals surface area (Å²) in [6.07, 6.45) is 10.1. The summed E-state index contributed by atoms with van der Waals surface area (Å²) in [5.74, 6) is 0. The molecule has 0 spiro atoms. The van der Waals surface area contributed by atoms with E-state index in [1.54, 1.807) is 0 Å². The van der Waals surface area contributed by atoms with E-state index in [0.29, 0.717) is 0 Å². The van der Waals surface area contributed by atoms with E-state index in [4.69, 9.17) is 0 Å². The summed E-state index contributed by atoms with van der Waals surface area (Å²) in [6, 6.07) is 44.3. The van der Waals surface area contributed by atoms with Gasteiger partial charge in [-0.2, -0.15) is 0 Å². The van der Waals surface area contributed by atoms with Crippen LogP contribution < -0.4 is 9.80 Å². The molecule has 45 heavy (non-hydrogen) atoms. The highest BCUT2D eigenvalue weighted by Crippen LogP contribution is 2.51. The molecule has 0 saturated carbocycles. The van der Waals surface area contributed by atoms with Crippen molar-refractivity contribution in [3.63, 3.8) is 0 Å². The quantitative estimate of drug-likeness (QED) is 0.180. The Morgan fingerprint density at radius 2 is 0.733 bits per heavy atom. The number of allylic oxidation sites excluding steroid dienone is 2. The fourth-order valence-electron chi connectivity index (χ4n) is 6.59. The number of fused-ring (bicyclic) bond motifs is 2. The fourth-order valence-corrected chi connectivity index (χ4v) is 6.59. The summed E-state index contributed by atoms with van der Waals surface area (Å²) in [5.41, 5.74) is 14.3. The molecule has 220 valence electrons. The van der Waals surface area contributed by atoms with Crippen molar-refractivity contribution in [1.82, 2.24) is 0 Å².